The first-order chi connectivity index (χ1) is 16.5. The Morgan fingerprint density at radius 1 is 0.971 bits per heavy atom. The molecule has 7 nitrogen and oxygen atoms in total. The van der Waals surface area contributed by atoms with Crippen LogP contribution in [0.1, 0.15) is 35.4 Å². The number of carbonyl (C=O) groups is 2. The van der Waals surface area contributed by atoms with Gasteiger partial charge >= 0.3 is 0 Å². The summed E-state index contributed by atoms with van der Waals surface area (Å²) >= 11 is 0. The van der Waals surface area contributed by atoms with Crippen LogP contribution in [0.3, 0.4) is 0 Å². The van der Waals surface area contributed by atoms with Gasteiger partial charge in [-0.3, -0.25) is 9.59 Å². The molecule has 178 valence electrons. The lowest BCUT2D eigenvalue weighted by Crippen LogP contribution is -2.46. The first-order valence-electron chi connectivity index (χ1n) is 11.8. The average molecular weight is 463 g/mol. The molecule has 7 heteroatoms. The lowest BCUT2D eigenvalue weighted by atomic mass is 9.78. The van der Waals surface area contributed by atoms with Crippen LogP contribution in [-0.4, -0.2) is 61.5 Å². The fourth-order valence-corrected chi connectivity index (χ4v) is 5.15. The number of nitrogens with zero attached hydrogens (tertiary/aromatic N) is 2. The third-order valence-corrected chi connectivity index (χ3v) is 7.29. The second-order valence-corrected chi connectivity index (χ2v) is 9.40. The molecule has 34 heavy (non-hydrogen) atoms. The van der Waals surface area contributed by atoms with E-state index >= 15 is 0 Å². The van der Waals surface area contributed by atoms with Crippen LogP contribution < -0.4 is 9.47 Å². The highest BCUT2D eigenvalue weighted by Crippen LogP contribution is 2.41. The summed E-state index contributed by atoms with van der Waals surface area (Å²) in [5.41, 5.74) is 1.68. The van der Waals surface area contributed by atoms with Crippen LogP contribution in [0.15, 0.2) is 52.9 Å². The van der Waals surface area contributed by atoms with E-state index < -0.39 is 0 Å². The summed E-state index contributed by atoms with van der Waals surface area (Å²) in [5.74, 6) is 1.65. The summed E-state index contributed by atoms with van der Waals surface area (Å²) < 4.78 is 17.0. The third kappa shape index (κ3) is 4.22. The summed E-state index contributed by atoms with van der Waals surface area (Å²) in [4.78, 5) is 29.6. The van der Waals surface area contributed by atoms with Crippen LogP contribution in [0.4, 0.5) is 0 Å². The van der Waals surface area contributed by atoms with Crippen molar-refractivity contribution >= 4 is 22.8 Å². The maximum atomic E-state index is 13.2. The normalized spacial score (nSPS) is 17.4. The summed E-state index contributed by atoms with van der Waals surface area (Å²) in [6.07, 6.45) is 2.73. The molecule has 0 saturated carbocycles. The molecule has 2 aliphatic rings. The second kappa shape index (κ2) is 9.05. The molecule has 2 amide bonds. The summed E-state index contributed by atoms with van der Waals surface area (Å²) in [5, 5.41) is 0.858. The second-order valence-electron chi connectivity index (χ2n) is 9.40. The average Bonchev–Trinajstić information content (AvgIpc) is 3.48. The lowest BCUT2D eigenvalue weighted by Gasteiger charge is -2.39. The first-order valence-corrected chi connectivity index (χ1v) is 11.8. The predicted octanol–water partition coefficient (Wildman–Crippen LogP) is 4.28. The number of aryl methyl sites for hydroxylation is 1. The minimum Gasteiger partial charge on any atom is -0.493 e. The molecular formula is C27H30N2O5. The molecule has 0 N–H and O–H groups in total. The Morgan fingerprint density at radius 2 is 1.68 bits per heavy atom. The van der Waals surface area contributed by atoms with Gasteiger partial charge in [0.25, 0.3) is 11.8 Å². The quantitative estimate of drug-likeness (QED) is 0.566. The number of rotatable bonds is 5. The summed E-state index contributed by atoms with van der Waals surface area (Å²) in [6.45, 7) is 4.82. The minimum atomic E-state index is -0.0831. The standard InChI is InChI=1S/C27H30N2O5/c1-19-6-3-4-8-21(19)33-17-24(30)28-13-10-27(11-14-28)12-15-29(18-27)26(31)23-16-20-7-5-9-22(32-2)25(20)34-23/h3-9,16H,10-15,17-18H2,1-2H3. The first kappa shape index (κ1) is 22.3. The maximum Gasteiger partial charge on any atom is 0.289 e. The number of hydrogen-bond donors (Lipinski definition) is 0. The van der Waals surface area contributed by atoms with Gasteiger partial charge < -0.3 is 23.7 Å². The summed E-state index contributed by atoms with van der Waals surface area (Å²) in [6, 6.07) is 15.1. The Bertz CT molecular complexity index is 1210. The van der Waals surface area contributed by atoms with Crippen molar-refractivity contribution in [2.45, 2.75) is 26.2 Å². The van der Waals surface area contributed by atoms with E-state index in [0.29, 0.717) is 43.3 Å². The summed E-state index contributed by atoms with van der Waals surface area (Å²) in [7, 11) is 1.59. The highest BCUT2D eigenvalue weighted by atomic mass is 16.5. The van der Waals surface area contributed by atoms with E-state index in [1.165, 1.54) is 0 Å². The Morgan fingerprint density at radius 3 is 2.41 bits per heavy atom. The fraction of sp³-hybridized carbons (Fsp3) is 0.407. The Labute approximate surface area is 199 Å². The van der Waals surface area contributed by atoms with Crippen LogP contribution in [0.2, 0.25) is 0 Å². The van der Waals surface area contributed by atoms with Crippen molar-refractivity contribution in [3.8, 4) is 11.5 Å². The molecular weight excluding hydrogens is 432 g/mol. The molecule has 2 aromatic carbocycles. The van der Waals surface area contributed by atoms with Crippen molar-refractivity contribution in [1.82, 2.24) is 9.80 Å². The van der Waals surface area contributed by atoms with E-state index in [0.717, 1.165) is 36.0 Å². The number of para-hydroxylation sites is 2. The largest absolute Gasteiger partial charge is 0.493 e. The zero-order valence-electron chi connectivity index (χ0n) is 19.7. The van der Waals surface area contributed by atoms with Crippen LogP contribution in [0, 0.1) is 12.3 Å². The van der Waals surface area contributed by atoms with E-state index in [4.69, 9.17) is 13.9 Å². The number of piperidine rings is 1. The van der Waals surface area contributed by atoms with Crippen molar-refractivity contribution in [3.05, 3.63) is 59.9 Å². The Kier molecular flexibility index (Phi) is 5.94. The molecule has 2 fully saturated rings. The number of benzene rings is 2. The molecule has 5 rings (SSSR count). The van der Waals surface area contributed by atoms with Crippen LogP contribution in [0.25, 0.3) is 11.0 Å². The van der Waals surface area contributed by atoms with Crippen molar-refractivity contribution in [1.29, 1.82) is 0 Å². The molecule has 3 aromatic rings. The van der Waals surface area contributed by atoms with E-state index in [2.05, 4.69) is 0 Å². The molecule has 0 bridgehead atoms. The van der Waals surface area contributed by atoms with E-state index in [1.54, 1.807) is 13.2 Å². The molecule has 2 aliphatic heterocycles. The monoisotopic (exact) mass is 462 g/mol. The number of methoxy groups -OCH3 is 1. The Hall–Kier alpha value is -3.48. The number of hydrogen-bond acceptors (Lipinski definition) is 5. The highest BCUT2D eigenvalue weighted by molar-refractivity contribution is 5.97. The van der Waals surface area contributed by atoms with Gasteiger partial charge in [-0.05, 0) is 55.4 Å². The van der Waals surface area contributed by atoms with Gasteiger partial charge in [0.05, 0.1) is 7.11 Å². The van der Waals surface area contributed by atoms with Crippen LogP contribution >= 0.6 is 0 Å². The molecule has 0 radical (unpaired) electrons. The number of furan rings is 1. The lowest BCUT2D eigenvalue weighted by molar-refractivity contribution is -0.135. The van der Waals surface area contributed by atoms with Gasteiger partial charge in [0, 0.05) is 31.6 Å². The number of likely N-dealkylation sites (tertiary alicyclic amines) is 2. The molecule has 0 unspecified atom stereocenters. The van der Waals surface area contributed by atoms with E-state index in [-0.39, 0.29) is 23.8 Å². The van der Waals surface area contributed by atoms with Crippen molar-refractivity contribution in [2.75, 3.05) is 39.9 Å². The third-order valence-electron chi connectivity index (χ3n) is 7.29. The number of carbonyl (C=O) groups excluding carboxylic acids is 2. The topological polar surface area (TPSA) is 72.2 Å². The molecule has 0 atom stereocenters. The maximum absolute atomic E-state index is 13.2. The van der Waals surface area contributed by atoms with E-state index in [9.17, 15) is 9.59 Å². The predicted molar refractivity (Wildman–Crippen MR) is 128 cm³/mol. The van der Waals surface area contributed by atoms with Gasteiger partial charge in [-0.2, -0.15) is 0 Å². The van der Waals surface area contributed by atoms with Crippen LogP contribution in [-0.2, 0) is 4.79 Å². The molecule has 1 aromatic heterocycles. The van der Waals surface area contributed by atoms with Gasteiger partial charge in [-0.25, -0.2) is 0 Å². The zero-order valence-corrected chi connectivity index (χ0v) is 19.7. The molecule has 2 saturated heterocycles. The number of ether oxygens (including phenoxy) is 2. The van der Waals surface area contributed by atoms with Crippen LogP contribution in [0.5, 0.6) is 11.5 Å². The van der Waals surface area contributed by atoms with Crippen molar-refractivity contribution < 1.29 is 23.5 Å². The number of fused-ring (bicyclic) bond motifs is 1. The zero-order chi connectivity index (χ0) is 23.7. The van der Waals surface area contributed by atoms with Crippen molar-refractivity contribution in [2.24, 2.45) is 5.41 Å². The van der Waals surface area contributed by atoms with Crippen molar-refractivity contribution in [3.63, 3.8) is 0 Å². The van der Waals surface area contributed by atoms with Gasteiger partial charge in [0.15, 0.2) is 23.7 Å². The van der Waals surface area contributed by atoms with Gasteiger partial charge in [0.1, 0.15) is 5.75 Å². The van der Waals surface area contributed by atoms with E-state index in [1.807, 2.05) is 59.2 Å². The molecule has 3 heterocycles. The van der Waals surface area contributed by atoms with Gasteiger partial charge in [-0.15, -0.1) is 0 Å². The SMILES string of the molecule is COc1cccc2cc(C(=O)N3CCC4(CCN(C(=O)COc5ccccc5C)CC4)C3)oc12. The minimum absolute atomic E-state index is 0.0141. The molecule has 0 aliphatic carbocycles. The Balaban J connectivity index is 1.17. The molecule has 1 spiro atoms. The number of amides is 2. The smallest absolute Gasteiger partial charge is 0.289 e. The van der Waals surface area contributed by atoms with Gasteiger partial charge in [0.2, 0.25) is 0 Å². The van der Waals surface area contributed by atoms with Gasteiger partial charge in [-0.1, -0.05) is 30.3 Å². The fourth-order valence-electron chi connectivity index (χ4n) is 5.15. The highest BCUT2D eigenvalue weighted by Gasteiger charge is 2.43.